The third-order valence-corrected chi connectivity index (χ3v) is 8.31. The summed E-state index contributed by atoms with van der Waals surface area (Å²) < 4.78 is 25.9. The minimum atomic E-state index is -3.54. The highest BCUT2D eigenvalue weighted by molar-refractivity contribution is 8.14. The number of rotatable bonds is 7. The maximum atomic E-state index is 12.8. The summed E-state index contributed by atoms with van der Waals surface area (Å²) in [5, 5.41) is 0.854. The van der Waals surface area contributed by atoms with Gasteiger partial charge in [-0.3, -0.25) is 9.69 Å². The Morgan fingerprint density at radius 2 is 1.93 bits per heavy atom. The lowest BCUT2D eigenvalue weighted by atomic mass is 10.2. The van der Waals surface area contributed by atoms with Gasteiger partial charge in [0.15, 0.2) is 5.17 Å². The first kappa shape index (κ1) is 22.9. The molecule has 2 aromatic carbocycles. The van der Waals surface area contributed by atoms with E-state index >= 15 is 0 Å². The van der Waals surface area contributed by atoms with Crippen LogP contribution in [0.25, 0.3) is 0 Å². The number of benzene rings is 2. The van der Waals surface area contributed by atoms with Gasteiger partial charge < -0.3 is 0 Å². The quantitative estimate of drug-likeness (QED) is 0.624. The molecule has 1 saturated heterocycles. The van der Waals surface area contributed by atoms with Crippen LogP contribution in [0.3, 0.4) is 0 Å². The number of amidine groups is 1. The monoisotopic (exact) mass is 463 g/mol. The second-order valence-corrected chi connectivity index (χ2v) is 11.6. The molecule has 0 radical (unpaired) electrons. The third kappa shape index (κ3) is 5.66. The fraction of sp³-hybridized carbons (Fsp3) is 0.333. The van der Waals surface area contributed by atoms with Crippen LogP contribution in [0.2, 0.25) is 0 Å². The molecule has 0 spiro atoms. The Balaban J connectivity index is 1.72. The first-order chi connectivity index (χ1) is 14.3. The van der Waals surface area contributed by atoms with Crippen LogP contribution < -0.4 is 0 Å². The Hall–Kier alpha value is -1.81. The molecule has 1 aliphatic heterocycles. The van der Waals surface area contributed by atoms with Crippen LogP contribution >= 0.6 is 23.5 Å². The van der Waals surface area contributed by atoms with Crippen molar-refractivity contribution in [2.45, 2.75) is 22.8 Å². The van der Waals surface area contributed by atoms with Gasteiger partial charge in [0.25, 0.3) is 0 Å². The highest BCUT2D eigenvalue weighted by Gasteiger charge is 2.30. The second-order valence-electron chi connectivity index (χ2n) is 7.09. The zero-order chi connectivity index (χ0) is 21.7. The SMILES string of the molecule is CC1CN(C(=O)CSCc2ccccc2)C(=Nc2cccc(S(=O)(=O)N(C)C)c2)S1. The van der Waals surface area contributed by atoms with E-state index in [1.54, 1.807) is 40.9 Å². The van der Waals surface area contributed by atoms with Crippen molar-refractivity contribution in [2.75, 3.05) is 26.4 Å². The molecule has 0 bridgehead atoms. The van der Waals surface area contributed by atoms with Gasteiger partial charge in [0.2, 0.25) is 15.9 Å². The van der Waals surface area contributed by atoms with Crippen molar-refractivity contribution >= 4 is 50.3 Å². The molecule has 1 atom stereocenters. The molecule has 1 amide bonds. The largest absolute Gasteiger partial charge is 0.289 e. The topological polar surface area (TPSA) is 70.0 Å². The standard InChI is InChI=1S/C21H25N3O3S3/c1-16-13-24(20(25)15-28-14-17-8-5-4-6-9-17)21(29-16)22-18-10-7-11-19(12-18)30(26,27)23(2)3/h4-12,16H,13-15H2,1-3H3. The van der Waals surface area contributed by atoms with Crippen molar-refractivity contribution in [1.82, 2.24) is 9.21 Å². The maximum absolute atomic E-state index is 12.8. The molecule has 0 saturated carbocycles. The van der Waals surface area contributed by atoms with Crippen molar-refractivity contribution in [3.8, 4) is 0 Å². The average molecular weight is 464 g/mol. The molecule has 9 heteroatoms. The number of carbonyl (C=O) groups excluding carboxylic acids is 1. The van der Waals surface area contributed by atoms with Gasteiger partial charge in [-0.1, -0.05) is 55.1 Å². The van der Waals surface area contributed by atoms with E-state index in [1.165, 1.54) is 35.7 Å². The molecule has 160 valence electrons. The van der Waals surface area contributed by atoms with E-state index in [0.29, 0.717) is 23.2 Å². The van der Waals surface area contributed by atoms with Crippen LogP contribution in [-0.4, -0.2) is 60.3 Å². The molecular formula is C21H25N3O3S3. The number of aliphatic imine (C=N–C) groups is 1. The Kier molecular flexibility index (Phi) is 7.62. The molecule has 1 unspecified atom stereocenters. The predicted molar refractivity (Wildman–Crippen MR) is 126 cm³/mol. The van der Waals surface area contributed by atoms with Crippen LogP contribution in [-0.2, 0) is 20.6 Å². The normalized spacial score (nSPS) is 18.3. The predicted octanol–water partition coefficient (Wildman–Crippen LogP) is 3.82. The van der Waals surface area contributed by atoms with E-state index in [-0.39, 0.29) is 16.1 Å². The Labute approximate surface area is 186 Å². The van der Waals surface area contributed by atoms with Crippen LogP contribution in [0, 0.1) is 0 Å². The highest BCUT2D eigenvalue weighted by Crippen LogP contribution is 2.30. The minimum absolute atomic E-state index is 0.0172. The number of hydrogen-bond donors (Lipinski definition) is 0. The molecule has 0 aromatic heterocycles. The van der Waals surface area contributed by atoms with Gasteiger partial charge in [-0.25, -0.2) is 17.7 Å². The minimum Gasteiger partial charge on any atom is -0.289 e. The summed E-state index contributed by atoms with van der Waals surface area (Å²) in [6, 6.07) is 16.6. The number of carbonyl (C=O) groups is 1. The molecule has 0 aliphatic carbocycles. The molecule has 2 aromatic rings. The van der Waals surface area contributed by atoms with E-state index in [4.69, 9.17) is 0 Å². The van der Waals surface area contributed by atoms with Gasteiger partial charge in [-0.05, 0) is 23.8 Å². The molecule has 1 aliphatic rings. The summed E-state index contributed by atoms with van der Waals surface area (Å²) in [5.41, 5.74) is 1.71. The molecular weight excluding hydrogens is 438 g/mol. The van der Waals surface area contributed by atoms with Gasteiger partial charge in [0.05, 0.1) is 16.3 Å². The summed E-state index contributed by atoms with van der Waals surface area (Å²) in [6.07, 6.45) is 0. The number of amides is 1. The summed E-state index contributed by atoms with van der Waals surface area (Å²) in [7, 11) is -0.547. The van der Waals surface area contributed by atoms with E-state index in [0.717, 1.165) is 5.75 Å². The fourth-order valence-corrected chi connectivity index (χ4v) is 5.70. The van der Waals surface area contributed by atoms with E-state index < -0.39 is 10.0 Å². The van der Waals surface area contributed by atoms with Gasteiger partial charge >= 0.3 is 0 Å². The number of thioether (sulfide) groups is 2. The molecule has 1 fully saturated rings. The summed E-state index contributed by atoms with van der Waals surface area (Å²) in [6.45, 7) is 2.65. The molecule has 6 nitrogen and oxygen atoms in total. The van der Waals surface area contributed by atoms with Crippen LogP contribution in [0.15, 0.2) is 64.5 Å². The zero-order valence-electron chi connectivity index (χ0n) is 17.2. The Bertz CT molecular complexity index is 1020. The van der Waals surface area contributed by atoms with Gasteiger partial charge in [-0.15, -0.1) is 11.8 Å². The fourth-order valence-electron chi connectivity index (χ4n) is 2.85. The van der Waals surface area contributed by atoms with Crippen LogP contribution in [0.5, 0.6) is 0 Å². The summed E-state index contributed by atoms with van der Waals surface area (Å²) in [5.74, 6) is 1.17. The number of hydrogen-bond acceptors (Lipinski definition) is 6. The molecule has 1 heterocycles. The summed E-state index contributed by atoms with van der Waals surface area (Å²) in [4.78, 5) is 19.3. The zero-order valence-corrected chi connectivity index (χ0v) is 19.6. The van der Waals surface area contributed by atoms with Crippen molar-refractivity contribution in [3.63, 3.8) is 0 Å². The lowest BCUT2D eigenvalue weighted by molar-refractivity contribution is -0.124. The van der Waals surface area contributed by atoms with Crippen molar-refractivity contribution in [2.24, 2.45) is 4.99 Å². The average Bonchev–Trinajstić information content (AvgIpc) is 3.09. The van der Waals surface area contributed by atoms with Gasteiger partial charge in [-0.2, -0.15) is 0 Å². The number of sulfonamides is 1. The summed E-state index contributed by atoms with van der Waals surface area (Å²) >= 11 is 3.11. The molecule has 3 rings (SSSR count). The first-order valence-electron chi connectivity index (χ1n) is 9.47. The van der Waals surface area contributed by atoms with Crippen LogP contribution in [0.1, 0.15) is 12.5 Å². The lowest BCUT2D eigenvalue weighted by Crippen LogP contribution is -2.33. The van der Waals surface area contributed by atoms with Crippen molar-refractivity contribution < 1.29 is 13.2 Å². The third-order valence-electron chi connectivity index (χ3n) is 4.44. The van der Waals surface area contributed by atoms with E-state index in [1.807, 2.05) is 30.3 Å². The van der Waals surface area contributed by atoms with Gasteiger partial charge in [0, 0.05) is 31.6 Å². The van der Waals surface area contributed by atoms with Gasteiger partial charge in [0.1, 0.15) is 0 Å². The smallest absolute Gasteiger partial charge is 0.242 e. The van der Waals surface area contributed by atoms with E-state index in [9.17, 15) is 13.2 Å². The lowest BCUT2D eigenvalue weighted by Gasteiger charge is -2.16. The maximum Gasteiger partial charge on any atom is 0.242 e. The number of nitrogens with zero attached hydrogens (tertiary/aromatic N) is 3. The Morgan fingerprint density at radius 1 is 1.20 bits per heavy atom. The highest BCUT2D eigenvalue weighted by atomic mass is 32.2. The van der Waals surface area contributed by atoms with Crippen molar-refractivity contribution in [1.29, 1.82) is 0 Å². The molecule has 30 heavy (non-hydrogen) atoms. The first-order valence-corrected chi connectivity index (χ1v) is 12.9. The Morgan fingerprint density at radius 3 is 2.63 bits per heavy atom. The van der Waals surface area contributed by atoms with Crippen LogP contribution in [0.4, 0.5) is 5.69 Å². The molecule has 0 N–H and O–H groups in total. The van der Waals surface area contributed by atoms with E-state index in [2.05, 4.69) is 11.9 Å². The van der Waals surface area contributed by atoms with Crippen molar-refractivity contribution in [3.05, 3.63) is 60.2 Å². The second kappa shape index (κ2) is 10.00.